The van der Waals surface area contributed by atoms with Gasteiger partial charge in [-0.1, -0.05) is 152 Å². The summed E-state index contributed by atoms with van der Waals surface area (Å²) in [5, 5.41) is 8.76. The van der Waals surface area contributed by atoms with Crippen LogP contribution >= 0.6 is 0 Å². The van der Waals surface area contributed by atoms with Crippen LogP contribution in [0.25, 0.3) is 77.9 Å². The van der Waals surface area contributed by atoms with Gasteiger partial charge < -0.3 is 0 Å². The van der Waals surface area contributed by atoms with E-state index in [1.165, 1.54) is 11.1 Å². The fourth-order valence-corrected chi connectivity index (χ4v) is 6.98. The number of aromatic nitrogens is 4. The minimum absolute atomic E-state index is 0.678. The molecule has 47 heavy (non-hydrogen) atoms. The zero-order chi connectivity index (χ0) is 31.2. The molecule has 0 fully saturated rings. The van der Waals surface area contributed by atoms with Crippen LogP contribution in [-0.4, -0.2) is 19.6 Å². The molecule has 4 nitrogen and oxygen atoms in total. The van der Waals surface area contributed by atoms with Gasteiger partial charge in [0.2, 0.25) is 0 Å². The van der Waals surface area contributed by atoms with Crippen LogP contribution in [0, 0.1) is 0 Å². The Kier molecular flexibility index (Phi) is 6.57. The maximum absolute atomic E-state index is 5.51. The van der Waals surface area contributed by atoms with Gasteiger partial charge >= 0.3 is 0 Å². The molecule has 0 saturated heterocycles. The molecule has 0 bridgehead atoms. The van der Waals surface area contributed by atoms with Crippen molar-refractivity contribution in [3.05, 3.63) is 163 Å². The molecule has 1 aliphatic carbocycles. The molecule has 0 atom stereocenters. The van der Waals surface area contributed by atoms with E-state index < -0.39 is 0 Å². The fourth-order valence-electron chi connectivity index (χ4n) is 6.98. The molecule has 0 N–H and O–H groups in total. The molecule has 5 aromatic carbocycles. The fraction of sp³-hybridized carbons (Fsp3) is 0.0465. The molecular formula is C43H30N4. The lowest BCUT2D eigenvalue weighted by Crippen LogP contribution is -2.03. The summed E-state index contributed by atoms with van der Waals surface area (Å²) in [6.07, 6.45) is 8.65. The molecule has 3 aromatic heterocycles. The van der Waals surface area contributed by atoms with Gasteiger partial charge in [-0.2, -0.15) is 5.10 Å². The molecule has 0 amide bonds. The van der Waals surface area contributed by atoms with E-state index in [-0.39, 0.29) is 0 Å². The van der Waals surface area contributed by atoms with Gasteiger partial charge in [-0.05, 0) is 29.9 Å². The summed E-state index contributed by atoms with van der Waals surface area (Å²) >= 11 is 0. The van der Waals surface area contributed by atoms with Crippen LogP contribution in [0.5, 0.6) is 0 Å². The maximum atomic E-state index is 5.51. The SMILES string of the molecule is C1=CCCC(c2c(-c3ccccc3)nn3c(-c4ccccc4)c(-c4nc(-c5ccccc5)c5ccccc5n4)c4ccccc4c23)=C1. The van der Waals surface area contributed by atoms with Crippen molar-refractivity contribution in [2.75, 3.05) is 0 Å². The van der Waals surface area contributed by atoms with Gasteiger partial charge in [0.15, 0.2) is 5.82 Å². The second-order valence-corrected chi connectivity index (χ2v) is 11.9. The molecule has 4 heteroatoms. The van der Waals surface area contributed by atoms with Gasteiger partial charge in [0.25, 0.3) is 0 Å². The number of allylic oxidation sites excluding steroid dienone is 4. The minimum Gasteiger partial charge on any atom is -0.230 e. The van der Waals surface area contributed by atoms with E-state index in [1.54, 1.807) is 0 Å². The molecule has 0 spiro atoms. The van der Waals surface area contributed by atoms with Gasteiger partial charge in [-0.25, -0.2) is 14.5 Å². The Morgan fingerprint density at radius 2 is 1.11 bits per heavy atom. The Bertz CT molecular complexity index is 2490. The van der Waals surface area contributed by atoms with Crippen LogP contribution in [0.2, 0.25) is 0 Å². The van der Waals surface area contributed by atoms with Crippen LogP contribution < -0.4 is 0 Å². The van der Waals surface area contributed by atoms with Crippen LogP contribution in [0.15, 0.2) is 158 Å². The topological polar surface area (TPSA) is 43.1 Å². The number of rotatable bonds is 5. The maximum Gasteiger partial charge on any atom is 0.163 e. The summed E-state index contributed by atoms with van der Waals surface area (Å²) in [5.41, 5.74) is 11.5. The first-order valence-corrected chi connectivity index (χ1v) is 16.1. The van der Waals surface area contributed by atoms with Crippen molar-refractivity contribution >= 4 is 32.8 Å². The predicted octanol–water partition coefficient (Wildman–Crippen LogP) is 10.8. The molecule has 0 saturated carbocycles. The third-order valence-corrected chi connectivity index (χ3v) is 9.09. The monoisotopic (exact) mass is 602 g/mol. The number of pyridine rings is 1. The van der Waals surface area contributed by atoms with E-state index in [0.29, 0.717) is 5.82 Å². The summed E-state index contributed by atoms with van der Waals surface area (Å²) in [5.74, 6) is 0.678. The number of fused-ring (bicyclic) bond motifs is 4. The first-order valence-electron chi connectivity index (χ1n) is 16.1. The summed E-state index contributed by atoms with van der Waals surface area (Å²) in [4.78, 5) is 10.7. The van der Waals surface area contributed by atoms with E-state index in [0.717, 1.165) is 79.4 Å². The second kappa shape index (κ2) is 11.3. The smallest absolute Gasteiger partial charge is 0.163 e. The van der Waals surface area contributed by atoms with Gasteiger partial charge in [-0.15, -0.1) is 0 Å². The van der Waals surface area contributed by atoms with Crippen molar-refractivity contribution in [3.8, 4) is 45.2 Å². The summed E-state index contributed by atoms with van der Waals surface area (Å²) in [7, 11) is 0. The Hall–Kier alpha value is -6.13. The van der Waals surface area contributed by atoms with Crippen molar-refractivity contribution in [2.45, 2.75) is 12.8 Å². The Labute approximate surface area is 273 Å². The van der Waals surface area contributed by atoms with Gasteiger partial charge in [0, 0.05) is 33.0 Å². The highest BCUT2D eigenvalue weighted by Gasteiger charge is 2.27. The predicted molar refractivity (Wildman–Crippen MR) is 194 cm³/mol. The molecule has 0 unspecified atom stereocenters. The highest BCUT2D eigenvalue weighted by molar-refractivity contribution is 6.13. The third-order valence-electron chi connectivity index (χ3n) is 9.09. The highest BCUT2D eigenvalue weighted by Crippen LogP contribution is 2.45. The Balaban J connectivity index is 1.48. The van der Waals surface area contributed by atoms with Gasteiger partial charge in [0.05, 0.1) is 28.0 Å². The van der Waals surface area contributed by atoms with Crippen molar-refractivity contribution in [1.29, 1.82) is 0 Å². The molecule has 222 valence electrons. The molecule has 9 rings (SSSR count). The van der Waals surface area contributed by atoms with Crippen molar-refractivity contribution in [2.24, 2.45) is 0 Å². The summed E-state index contributed by atoms with van der Waals surface area (Å²) in [6, 6.07) is 48.5. The lowest BCUT2D eigenvalue weighted by Gasteiger charge is -2.18. The number of benzene rings is 5. The van der Waals surface area contributed by atoms with Crippen molar-refractivity contribution in [1.82, 2.24) is 19.6 Å². The Morgan fingerprint density at radius 1 is 0.511 bits per heavy atom. The zero-order valence-corrected chi connectivity index (χ0v) is 25.7. The summed E-state index contributed by atoms with van der Waals surface area (Å²) in [6.45, 7) is 0. The lowest BCUT2D eigenvalue weighted by atomic mass is 9.91. The highest BCUT2D eigenvalue weighted by atomic mass is 15.2. The van der Waals surface area contributed by atoms with Crippen molar-refractivity contribution in [3.63, 3.8) is 0 Å². The van der Waals surface area contributed by atoms with E-state index in [9.17, 15) is 0 Å². The Morgan fingerprint density at radius 3 is 1.79 bits per heavy atom. The normalized spacial score (nSPS) is 13.0. The minimum atomic E-state index is 0.678. The first-order chi connectivity index (χ1) is 23.3. The quantitative estimate of drug-likeness (QED) is 0.197. The standard InChI is InChI=1S/C43H30N4/c1-5-17-29(18-6-1)37-40(31-21-9-3-10-22-31)46-47-41(32-23-11-4-12-24-32)38(33-25-13-14-26-34(33)42(37)47)43-44-36-28-16-15-27-35(36)39(45-43)30-19-7-2-8-20-30/h1-5,7-17,19-28H,6,18H2. The number of para-hydroxylation sites is 1. The second-order valence-electron chi connectivity index (χ2n) is 11.9. The van der Waals surface area contributed by atoms with E-state index in [2.05, 4.69) is 150 Å². The molecule has 0 radical (unpaired) electrons. The summed E-state index contributed by atoms with van der Waals surface area (Å²) < 4.78 is 2.17. The van der Waals surface area contributed by atoms with Crippen LogP contribution in [0.3, 0.4) is 0 Å². The number of nitrogens with zero attached hydrogens (tertiary/aromatic N) is 4. The zero-order valence-electron chi connectivity index (χ0n) is 25.7. The third kappa shape index (κ3) is 4.57. The first kappa shape index (κ1) is 27.2. The molecule has 1 aliphatic rings. The molecule has 8 aromatic rings. The number of hydrogen-bond donors (Lipinski definition) is 0. The van der Waals surface area contributed by atoms with Gasteiger partial charge in [-0.3, -0.25) is 0 Å². The molecule has 0 aliphatic heterocycles. The molecule has 3 heterocycles. The van der Waals surface area contributed by atoms with E-state index >= 15 is 0 Å². The lowest BCUT2D eigenvalue weighted by molar-refractivity contribution is 0.978. The average Bonchev–Trinajstić information content (AvgIpc) is 3.56. The van der Waals surface area contributed by atoms with E-state index in [1.807, 2.05) is 12.1 Å². The largest absolute Gasteiger partial charge is 0.230 e. The molecular weight excluding hydrogens is 573 g/mol. The van der Waals surface area contributed by atoms with Crippen LogP contribution in [-0.2, 0) is 0 Å². The van der Waals surface area contributed by atoms with Crippen LogP contribution in [0.1, 0.15) is 18.4 Å². The van der Waals surface area contributed by atoms with Crippen LogP contribution in [0.4, 0.5) is 0 Å². The van der Waals surface area contributed by atoms with Gasteiger partial charge in [0.1, 0.15) is 5.69 Å². The number of hydrogen-bond acceptors (Lipinski definition) is 3. The van der Waals surface area contributed by atoms with Crippen molar-refractivity contribution < 1.29 is 0 Å². The van der Waals surface area contributed by atoms with E-state index in [4.69, 9.17) is 15.1 Å². The average molecular weight is 603 g/mol.